The highest BCUT2D eigenvalue weighted by Gasteiger charge is 2.65. The third kappa shape index (κ3) is 1.28. The third-order valence-electron chi connectivity index (χ3n) is 4.41. The van der Waals surface area contributed by atoms with Gasteiger partial charge in [-0.1, -0.05) is 42.6 Å². The third-order valence-corrected chi connectivity index (χ3v) is 4.91. The zero-order valence-corrected chi connectivity index (χ0v) is 10.3. The fourth-order valence-corrected chi connectivity index (χ4v) is 3.73. The lowest BCUT2D eigenvalue weighted by Gasteiger charge is -2.14. The van der Waals surface area contributed by atoms with Gasteiger partial charge >= 0.3 is 0 Å². The molecule has 0 radical (unpaired) electrons. The van der Waals surface area contributed by atoms with Crippen molar-refractivity contribution in [3.05, 3.63) is 34.3 Å². The van der Waals surface area contributed by atoms with Crippen molar-refractivity contribution in [2.45, 2.75) is 38.2 Å². The van der Waals surface area contributed by atoms with Crippen LogP contribution in [0.3, 0.4) is 0 Å². The van der Waals surface area contributed by atoms with Crippen LogP contribution in [0, 0.1) is 18.8 Å². The first-order valence-corrected chi connectivity index (χ1v) is 6.51. The maximum atomic E-state index is 10.8. The number of rotatable bonds is 1. The smallest absolute Gasteiger partial charge is 0.0974 e. The SMILES string of the molecule is Cc1cccc(C2(O)C3CCCCC32)c1Cl. The Hall–Kier alpha value is -0.530. The number of fused-ring (bicyclic) bond motifs is 1. The van der Waals surface area contributed by atoms with Crippen LogP contribution in [0.25, 0.3) is 0 Å². The summed E-state index contributed by atoms with van der Waals surface area (Å²) < 4.78 is 0. The van der Waals surface area contributed by atoms with Crippen LogP contribution in [0.1, 0.15) is 36.8 Å². The highest BCUT2D eigenvalue weighted by molar-refractivity contribution is 6.32. The highest BCUT2D eigenvalue weighted by Crippen LogP contribution is 2.65. The number of hydrogen-bond donors (Lipinski definition) is 1. The molecular weight excluding hydrogens is 220 g/mol. The van der Waals surface area contributed by atoms with E-state index in [4.69, 9.17) is 11.6 Å². The molecule has 16 heavy (non-hydrogen) atoms. The van der Waals surface area contributed by atoms with Gasteiger partial charge in [0.1, 0.15) is 0 Å². The number of halogens is 1. The summed E-state index contributed by atoms with van der Waals surface area (Å²) in [5, 5.41) is 11.5. The van der Waals surface area contributed by atoms with Gasteiger partial charge in [-0.2, -0.15) is 0 Å². The topological polar surface area (TPSA) is 20.2 Å². The number of hydrogen-bond acceptors (Lipinski definition) is 1. The summed E-state index contributed by atoms with van der Waals surface area (Å²) in [6.07, 6.45) is 4.83. The molecule has 0 spiro atoms. The molecule has 0 aromatic heterocycles. The lowest BCUT2D eigenvalue weighted by atomic mass is 10.0. The fraction of sp³-hybridized carbons (Fsp3) is 0.571. The molecule has 1 N–H and O–H groups in total. The Kier molecular flexibility index (Phi) is 2.31. The minimum Gasteiger partial charge on any atom is -0.385 e. The van der Waals surface area contributed by atoms with Crippen molar-refractivity contribution in [1.82, 2.24) is 0 Å². The van der Waals surface area contributed by atoms with E-state index in [2.05, 4.69) is 0 Å². The maximum absolute atomic E-state index is 10.8. The number of aryl methyl sites for hydroxylation is 1. The Morgan fingerprint density at radius 3 is 2.50 bits per heavy atom. The van der Waals surface area contributed by atoms with E-state index >= 15 is 0 Å². The van der Waals surface area contributed by atoms with Crippen LogP contribution in [-0.4, -0.2) is 5.11 Å². The predicted octanol–water partition coefficient (Wildman–Crippen LogP) is 3.66. The van der Waals surface area contributed by atoms with Gasteiger partial charge in [0.05, 0.1) is 5.60 Å². The van der Waals surface area contributed by atoms with E-state index < -0.39 is 5.60 Å². The largest absolute Gasteiger partial charge is 0.385 e. The van der Waals surface area contributed by atoms with Gasteiger partial charge in [-0.05, 0) is 37.2 Å². The lowest BCUT2D eigenvalue weighted by Crippen LogP contribution is -2.11. The minimum atomic E-state index is -0.612. The average Bonchev–Trinajstić information content (AvgIpc) is 2.91. The van der Waals surface area contributed by atoms with Crippen LogP contribution in [0.2, 0.25) is 5.02 Å². The first kappa shape index (κ1) is 10.6. The van der Waals surface area contributed by atoms with E-state index in [0.29, 0.717) is 11.8 Å². The first-order chi connectivity index (χ1) is 7.65. The summed E-state index contributed by atoms with van der Waals surface area (Å²) in [5.41, 5.74) is 1.42. The number of aliphatic hydroxyl groups is 1. The monoisotopic (exact) mass is 236 g/mol. The molecule has 0 heterocycles. The molecule has 0 amide bonds. The minimum absolute atomic E-state index is 0.459. The quantitative estimate of drug-likeness (QED) is 0.789. The molecule has 2 unspecified atom stereocenters. The molecule has 0 aliphatic heterocycles. The van der Waals surface area contributed by atoms with Gasteiger partial charge in [-0.3, -0.25) is 0 Å². The van der Waals surface area contributed by atoms with Gasteiger partial charge in [0.15, 0.2) is 0 Å². The Balaban J connectivity index is 2.01. The Morgan fingerprint density at radius 2 is 1.88 bits per heavy atom. The number of benzene rings is 1. The second-order valence-corrected chi connectivity index (χ2v) is 5.64. The summed E-state index contributed by atoms with van der Waals surface area (Å²) >= 11 is 6.32. The van der Waals surface area contributed by atoms with Crippen molar-refractivity contribution in [2.24, 2.45) is 11.8 Å². The Bertz CT molecular complexity index is 415. The van der Waals surface area contributed by atoms with E-state index in [1.54, 1.807) is 0 Å². The van der Waals surface area contributed by atoms with E-state index in [-0.39, 0.29) is 0 Å². The van der Waals surface area contributed by atoms with Gasteiger partial charge in [-0.25, -0.2) is 0 Å². The van der Waals surface area contributed by atoms with Gasteiger partial charge in [-0.15, -0.1) is 0 Å². The lowest BCUT2D eigenvalue weighted by molar-refractivity contribution is 0.118. The molecule has 2 atom stereocenters. The van der Waals surface area contributed by atoms with Crippen LogP contribution in [-0.2, 0) is 5.60 Å². The van der Waals surface area contributed by atoms with Crippen molar-refractivity contribution < 1.29 is 5.11 Å². The van der Waals surface area contributed by atoms with Crippen molar-refractivity contribution in [3.8, 4) is 0 Å². The summed E-state index contributed by atoms with van der Waals surface area (Å²) in [5.74, 6) is 0.918. The molecule has 0 saturated heterocycles. The molecule has 86 valence electrons. The molecule has 1 aromatic rings. The van der Waals surface area contributed by atoms with Crippen LogP contribution < -0.4 is 0 Å². The summed E-state index contributed by atoms with van der Waals surface area (Å²) in [4.78, 5) is 0. The van der Waals surface area contributed by atoms with Gasteiger partial charge < -0.3 is 5.11 Å². The molecule has 1 nitrogen and oxygen atoms in total. The summed E-state index contributed by atoms with van der Waals surface area (Å²) in [6.45, 7) is 2.00. The molecule has 2 fully saturated rings. The van der Waals surface area contributed by atoms with Gasteiger partial charge in [0.2, 0.25) is 0 Å². The van der Waals surface area contributed by atoms with Gasteiger partial charge in [0.25, 0.3) is 0 Å². The zero-order valence-electron chi connectivity index (χ0n) is 9.54. The average molecular weight is 237 g/mol. The molecule has 1 aromatic carbocycles. The normalized spacial score (nSPS) is 36.9. The van der Waals surface area contributed by atoms with Crippen molar-refractivity contribution in [1.29, 1.82) is 0 Å². The summed E-state index contributed by atoms with van der Waals surface area (Å²) in [7, 11) is 0. The zero-order chi connectivity index (χ0) is 11.3. The van der Waals surface area contributed by atoms with Crippen LogP contribution in [0.4, 0.5) is 0 Å². The van der Waals surface area contributed by atoms with E-state index in [1.165, 1.54) is 12.8 Å². The molecule has 0 bridgehead atoms. The van der Waals surface area contributed by atoms with Crippen molar-refractivity contribution in [2.75, 3.05) is 0 Å². The molecule has 2 heteroatoms. The van der Waals surface area contributed by atoms with E-state index in [9.17, 15) is 5.11 Å². The van der Waals surface area contributed by atoms with E-state index in [1.807, 2.05) is 25.1 Å². The second kappa shape index (κ2) is 3.48. The molecule has 2 saturated carbocycles. The summed E-state index contributed by atoms with van der Waals surface area (Å²) in [6, 6.07) is 5.99. The molecular formula is C14H17ClO. The second-order valence-electron chi connectivity index (χ2n) is 5.26. The Labute approximate surface area is 101 Å². The fourth-order valence-electron chi connectivity index (χ4n) is 3.45. The van der Waals surface area contributed by atoms with E-state index in [0.717, 1.165) is 29.0 Å². The molecule has 3 rings (SSSR count). The van der Waals surface area contributed by atoms with Crippen LogP contribution in [0.15, 0.2) is 18.2 Å². The van der Waals surface area contributed by atoms with Crippen LogP contribution >= 0.6 is 11.6 Å². The molecule has 2 aliphatic rings. The van der Waals surface area contributed by atoms with Crippen LogP contribution in [0.5, 0.6) is 0 Å². The van der Waals surface area contributed by atoms with Crippen molar-refractivity contribution >= 4 is 11.6 Å². The first-order valence-electron chi connectivity index (χ1n) is 6.13. The Morgan fingerprint density at radius 1 is 1.25 bits per heavy atom. The predicted molar refractivity (Wildman–Crippen MR) is 65.5 cm³/mol. The molecule has 2 aliphatic carbocycles. The standard InChI is InChI=1S/C14H17ClO/c1-9-5-4-8-12(13(9)15)14(16)10-6-2-3-7-11(10)14/h4-5,8,10-11,16H,2-3,6-7H2,1H3. The van der Waals surface area contributed by atoms with Gasteiger partial charge in [0, 0.05) is 10.6 Å². The van der Waals surface area contributed by atoms with Crippen molar-refractivity contribution in [3.63, 3.8) is 0 Å². The highest BCUT2D eigenvalue weighted by atomic mass is 35.5. The maximum Gasteiger partial charge on any atom is 0.0974 e.